The van der Waals surface area contributed by atoms with Crippen molar-refractivity contribution in [3.8, 4) is 5.75 Å². The van der Waals surface area contributed by atoms with Crippen LogP contribution in [0.15, 0.2) is 41.8 Å². The van der Waals surface area contributed by atoms with Crippen molar-refractivity contribution in [1.82, 2.24) is 5.32 Å². The molecule has 1 aromatic heterocycles. The van der Waals surface area contributed by atoms with E-state index >= 15 is 0 Å². The quantitative estimate of drug-likeness (QED) is 0.657. The minimum atomic E-state index is 0.0267. The van der Waals surface area contributed by atoms with Gasteiger partial charge in [0.15, 0.2) is 10.9 Å². The van der Waals surface area contributed by atoms with Crippen molar-refractivity contribution in [3.63, 3.8) is 0 Å². The maximum atomic E-state index is 11.8. The molecule has 0 aliphatic carbocycles. The summed E-state index contributed by atoms with van der Waals surface area (Å²) in [6, 6.07) is 11.0. The molecule has 2 aromatic rings. The molecular formula is C14H14N2O2S2. The van der Waals surface area contributed by atoms with Gasteiger partial charge >= 0.3 is 0 Å². The van der Waals surface area contributed by atoms with E-state index in [1.165, 1.54) is 11.3 Å². The van der Waals surface area contributed by atoms with Gasteiger partial charge in [-0.1, -0.05) is 6.07 Å². The van der Waals surface area contributed by atoms with Gasteiger partial charge in [0, 0.05) is 5.69 Å². The Morgan fingerprint density at radius 3 is 2.65 bits per heavy atom. The van der Waals surface area contributed by atoms with E-state index in [1.807, 2.05) is 35.7 Å². The molecule has 4 nitrogen and oxygen atoms in total. The third-order valence-corrected chi connectivity index (χ3v) is 3.71. The fourth-order valence-corrected chi connectivity index (χ4v) is 2.39. The summed E-state index contributed by atoms with van der Waals surface area (Å²) in [7, 11) is 1.62. The topological polar surface area (TPSA) is 50.4 Å². The second kappa shape index (κ2) is 7.02. The molecule has 0 aliphatic rings. The largest absolute Gasteiger partial charge is 0.497 e. The Bertz CT molecular complexity index is 580. The Hall–Kier alpha value is -1.92. The maximum Gasteiger partial charge on any atom is 0.191 e. The summed E-state index contributed by atoms with van der Waals surface area (Å²) in [4.78, 5) is 12.5. The van der Waals surface area contributed by atoms with Gasteiger partial charge in [0.05, 0.1) is 18.5 Å². The number of thiophene rings is 1. The number of nitrogens with one attached hydrogen (secondary N) is 2. The summed E-state index contributed by atoms with van der Waals surface area (Å²) in [5.41, 5.74) is 0.840. The molecule has 2 rings (SSSR count). The smallest absolute Gasteiger partial charge is 0.191 e. The molecule has 0 saturated carbocycles. The monoisotopic (exact) mass is 306 g/mol. The summed E-state index contributed by atoms with van der Waals surface area (Å²) in [5, 5.41) is 8.20. The summed E-state index contributed by atoms with van der Waals surface area (Å²) in [6.07, 6.45) is 0. The SMILES string of the molecule is COc1ccc(NC(=S)NCC(=O)c2cccs2)cc1. The van der Waals surface area contributed by atoms with Gasteiger partial charge in [-0.15, -0.1) is 11.3 Å². The van der Waals surface area contributed by atoms with Crippen LogP contribution in [0.3, 0.4) is 0 Å². The number of rotatable bonds is 5. The Kier molecular flexibility index (Phi) is 5.09. The highest BCUT2D eigenvalue weighted by Gasteiger charge is 2.07. The summed E-state index contributed by atoms with van der Waals surface area (Å²) >= 11 is 6.57. The molecule has 0 bridgehead atoms. The number of Topliss-reactive ketones (excluding diaryl/α,β-unsaturated/α-hetero) is 1. The second-order valence-electron chi connectivity index (χ2n) is 3.94. The summed E-state index contributed by atoms with van der Waals surface area (Å²) < 4.78 is 5.07. The van der Waals surface area contributed by atoms with Crippen molar-refractivity contribution < 1.29 is 9.53 Å². The molecule has 0 amide bonds. The molecule has 1 aromatic carbocycles. The lowest BCUT2D eigenvalue weighted by Crippen LogP contribution is -2.32. The zero-order valence-corrected chi connectivity index (χ0v) is 12.5. The molecule has 0 radical (unpaired) electrons. The number of benzene rings is 1. The van der Waals surface area contributed by atoms with E-state index in [0.717, 1.165) is 16.3 Å². The number of carbonyl (C=O) groups is 1. The average Bonchev–Trinajstić information content (AvgIpc) is 3.00. The molecule has 104 valence electrons. The number of anilines is 1. The van der Waals surface area contributed by atoms with Gasteiger partial charge < -0.3 is 15.4 Å². The Morgan fingerprint density at radius 2 is 2.05 bits per heavy atom. The third kappa shape index (κ3) is 4.04. The van der Waals surface area contributed by atoms with Crippen LogP contribution in [0, 0.1) is 0 Å². The van der Waals surface area contributed by atoms with Crippen LogP contribution >= 0.6 is 23.6 Å². The number of hydrogen-bond acceptors (Lipinski definition) is 4. The van der Waals surface area contributed by atoms with Crippen LogP contribution in [-0.4, -0.2) is 24.6 Å². The van der Waals surface area contributed by atoms with Gasteiger partial charge in [-0.05, 0) is 47.9 Å². The highest BCUT2D eigenvalue weighted by atomic mass is 32.1. The van der Waals surface area contributed by atoms with Crippen molar-refractivity contribution in [3.05, 3.63) is 46.7 Å². The number of hydrogen-bond donors (Lipinski definition) is 2. The van der Waals surface area contributed by atoms with Crippen molar-refractivity contribution >= 4 is 40.1 Å². The van der Waals surface area contributed by atoms with E-state index < -0.39 is 0 Å². The lowest BCUT2D eigenvalue weighted by molar-refractivity contribution is 0.100. The van der Waals surface area contributed by atoms with Crippen LogP contribution in [0.2, 0.25) is 0 Å². The fraction of sp³-hybridized carbons (Fsp3) is 0.143. The van der Waals surface area contributed by atoms with Gasteiger partial charge in [0.2, 0.25) is 0 Å². The first-order valence-electron chi connectivity index (χ1n) is 5.94. The molecule has 0 spiro atoms. The minimum Gasteiger partial charge on any atom is -0.497 e. The molecule has 0 saturated heterocycles. The minimum absolute atomic E-state index is 0.0267. The average molecular weight is 306 g/mol. The molecular weight excluding hydrogens is 292 g/mol. The molecule has 0 aliphatic heterocycles. The van der Waals surface area contributed by atoms with Gasteiger partial charge in [0.1, 0.15) is 5.75 Å². The number of methoxy groups -OCH3 is 1. The molecule has 0 atom stereocenters. The number of ketones is 1. The highest BCUT2D eigenvalue weighted by molar-refractivity contribution is 7.80. The highest BCUT2D eigenvalue weighted by Crippen LogP contribution is 2.14. The van der Waals surface area contributed by atoms with Gasteiger partial charge in [-0.3, -0.25) is 4.79 Å². The van der Waals surface area contributed by atoms with Crippen molar-refractivity contribution in [2.75, 3.05) is 19.0 Å². The lowest BCUT2D eigenvalue weighted by atomic mass is 10.3. The molecule has 0 unspecified atom stereocenters. The normalized spacial score (nSPS) is 9.85. The van der Waals surface area contributed by atoms with Crippen molar-refractivity contribution in [1.29, 1.82) is 0 Å². The van der Waals surface area contributed by atoms with Crippen LogP contribution in [0.1, 0.15) is 9.67 Å². The molecule has 20 heavy (non-hydrogen) atoms. The number of carbonyl (C=O) groups excluding carboxylic acids is 1. The first kappa shape index (κ1) is 14.5. The first-order valence-corrected chi connectivity index (χ1v) is 7.23. The van der Waals surface area contributed by atoms with E-state index in [9.17, 15) is 4.79 Å². The van der Waals surface area contributed by atoms with Gasteiger partial charge in [0.25, 0.3) is 0 Å². The zero-order valence-electron chi connectivity index (χ0n) is 10.9. The van der Waals surface area contributed by atoms with Gasteiger partial charge in [-0.2, -0.15) is 0 Å². The van der Waals surface area contributed by atoms with E-state index in [-0.39, 0.29) is 12.3 Å². The lowest BCUT2D eigenvalue weighted by Gasteiger charge is -2.10. The third-order valence-electron chi connectivity index (χ3n) is 2.55. The molecule has 0 fully saturated rings. The Morgan fingerprint density at radius 1 is 1.30 bits per heavy atom. The Balaban J connectivity index is 1.81. The van der Waals surface area contributed by atoms with E-state index in [4.69, 9.17) is 17.0 Å². The van der Waals surface area contributed by atoms with E-state index in [2.05, 4.69) is 10.6 Å². The second-order valence-corrected chi connectivity index (χ2v) is 5.29. The maximum absolute atomic E-state index is 11.8. The zero-order chi connectivity index (χ0) is 14.4. The number of thiocarbonyl (C=S) groups is 1. The van der Waals surface area contributed by atoms with E-state index in [0.29, 0.717) is 5.11 Å². The van der Waals surface area contributed by atoms with Crippen molar-refractivity contribution in [2.45, 2.75) is 0 Å². The first-order chi connectivity index (χ1) is 9.69. The molecule has 2 N–H and O–H groups in total. The molecule has 1 heterocycles. The summed E-state index contributed by atoms with van der Waals surface area (Å²) in [6.45, 7) is 0.183. The number of ether oxygens (including phenoxy) is 1. The van der Waals surface area contributed by atoms with Crippen LogP contribution < -0.4 is 15.4 Å². The van der Waals surface area contributed by atoms with Crippen LogP contribution in [0.25, 0.3) is 0 Å². The fourth-order valence-electron chi connectivity index (χ4n) is 1.53. The molecule has 6 heteroatoms. The predicted octanol–water partition coefficient (Wildman–Crippen LogP) is 2.93. The van der Waals surface area contributed by atoms with E-state index in [1.54, 1.807) is 13.2 Å². The Labute approximate surface area is 126 Å². The van der Waals surface area contributed by atoms with Crippen molar-refractivity contribution in [2.24, 2.45) is 0 Å². The van der Waals surface area contributed by atoms with Crippen LogP contribution in [-0.2, 0) is 0 Å². The summed E-state index contributed by atoms with van der Waals surface area (Å²) in [5.74, 6) is 0.807. The van der Waals surface area contributed by atoms with Crippen LogP contribution in [0.4, 0.5) is 5.69 Å². The van der Waals surface area contributed by atoms with Gasteiger partial charge in [-0.25, -0.2) is 0 Å². The standard InChI is InChI=1S/C14H14N2O2S2/c1-18-11-6-4-10(5-7-11)16-14(19)15-9-12(17)13-3-2-8-20-13/h2-8H,9H2,1H3,(H2,15,16,19). The van der Waals surface area contributed by atoms with Crippen LogP contribution in [0.5, 0.6) is 5.75 Å². The predicted molar refractivity (Wildman–Crippen MR) is 85.9 cm³/mol.